The first-order valence-electron chi connectivity index (χ1n) is 12.4. The minimum Gasteiger partial charge on any atom is -0.481 e. The standard InChI is InChI=1S/C27H27ClN2O5.C2HF3O2/c1-17(30-25(33)27(2,26(34)35)15-24(31)32)23(14-18-5-11-22(28)12-6-18)20-9-7-19(8-10-20)21-4-3-13-29-16-21;3-2(4,5)1(6)7/h3-13,16-17,23H,14-15H2,1-2H3,(H,30,33)(H,31,32)(H,34,35);(H,6,7). The molecule has 13 heteroatoms. The molecule has 1 aromatic heterocycles. The number of hydrogen-bond donors (Lipinski definition) is 4. The first-order chi connectivity index (χ1) is 19.5. The lowest BCUT2D eigenvalue weighted by Crippen LogP contribution is -2.50. The van der Waals surface area contributed by atoms with Gasteiger partial charge in [-0.15, -0.1) is 0 Å². The normalized spacial score (nSPS) is 13.9. The van der Waals surface area contributed by atoms with Crippen molar-refractivity contribution in [1.29, 1.82) is 0 Å². The van der Waals surface area contributed by atoms with Gasteiger partial charge in [0.05, 0.1) is 6.42 Å². The van der Waals surface area contributed by atoms with Crippen LogP contribution in [0, 0.1) is 5.41 Å². The molecule has 42 heavy (non-hydrogen) atoms. The van der Waals surface area contributed by atoms with Gasteiger partial charge in [-0.25, -0.2) is 4.79 Å². The van der Waals surface area contributed by atoms with Crippen LogP contribution in [0.2, 0.25) is 5.02 Å². The third-order valence-corrected chi connectivity index (χ3v) is 6.64. The summed E-state index contributed by atoms with van der Waals surface area (Å²) in [6.45, 7) is 2.92. The van der Waals surface area contributed by atoms with Crippen LogP contribution in [0.1, 0.15) is 37.3 Å². The van der Waals surface area contributed by atoms with Crippen LogP contribution in [-0.4, -0.2) is 56.3 Å². The van der Waals surface area contributed by atoms with Gasteiger partial charge in [0.1, 0.15) is 0 Å². The van der Waals surface area contributed by atoms with Gasteiger partial charge in [0.15, 0.2) is 5.41 Å². The summed E-state index contributed by atoms with van der Waals surface area (Å²) >= 11 is 6.03. The number of rotatable bonds is 10. The second-order valence-electron chi connectivity index (χ2n) is 9.57. The summed E-state index contributed by atoms with van der Waals surface area (Å²) in [6.07, 6.45) is -1.87. The lowest BCUT2D eigenvalue weighted by atomic mass is 9.83. The number of carbonyl (C=O) groups excluding carboxylic acids is 1. The SMILES string of the molecule is CC(NC(=O)C(C)(CC(=O)O)C(=O)O)C(Cc1ccc(Cl)cc1)c1ccc(-c2cccnc2)cc1.O=C(O)C(F)(F)F. The van der Waals surface area contributed by atoms with Gasteiger partial charge >= 0.3 is 24.1 Å². The number of benzene rings is 2. The van der Waals surface area contributed by atoms with Crippen molar-refractivity contribution in [3.05, 3.63) is 89.2 Å². The second kappa shape index (κ2) is 14.4. The van der Waals surface area contributed by atoms with Crippen molar-refractivity contribution in [2.75, 3.05) is 0 Å². The molecule has 0 radical (unpaired) electrons. The fourth-order valence-electron chi connectivity index (χ4n) is 3.94. The van der Waals surface area contributed by atoms with Gasteiger partial charge in [-0.3, -0.25) is 19.4 Å². The van der Waals surface area contributed by atoms with E-state index in [-0.39, 0.29) is 5.92 Å². The lowest BCUT2D eigenvalue weighted by molar-refractivity contribution is -0.192. The van der Waals surface area contributed by atoms with E-state index < -0.39 is 47.9 Å². The van der Waals surface area contributed by atoms with Gasteiger partial charge in [-0.2, -0.15) is 13.2 Å². The summed E-state index contributed by atoms with van der Waals surface area (Å²) in [5, 5.41) is 29.2. The first kappa shape index (κ1) is 33.8. The van der Waals surface area contributed by atoms with Crippen molar-refractivity contribution in [2.45, 2.75) is 44.8 Å². The molecule has 0 aliphatic carbocycles. The van der Waals surface area contributed by atoms with E-state index in [9.17, 15) is 32.7 Å². The van der Waals surface area contributed by atoms with Gasteiger partial charge < -0.3 is 20.6 Å². The number of amides is 1. The maximum Gasteiger partial charge on any atom is 0.490 e. The van der Waals surface area contributed by atoms with E-state index in [1.165, 1.54) is 0 Å². The van der Waals surface area contributed by atoms with E-state index in [4.69, 9.17) is 26.6 Å². The van der Waals surface area contributed by atoms with E-state index in [0.29, 0.717) is 11.4 Å². The highest BCUT2D eigenvalue weighted by atomic mass is 35.5. The molecular formula is C29H28ClF3N2O7. The van der Waals surface area contributed by atoms with Gasteiger partial charge in [0.25, 0.3) is 0 Å². The molecule has 0 saturated carbocycles. The van der Waals surface area contributed by atoms with Crippen LogP contribution in [0.3, 0.4) is 0 Å². The first-order valence-corrected chi connectivity index (χ1v) is 12.7. The van der Waals surface area contributed by atoms with Crippen LogP contribution in [-0.2, 0) is 25.6 Å². The van der Waals surface area contributed by atoms with Gasteiger partial charge in [-0.05, 0) is 60.7 Å². The Bertz CT molecular complexity index is 1390. The highest BCUT2D eigenvalue weighted by Gasteiger charge is 2.44. The Kier molecular flexibility index (Phi) is 11.6. The molecule has 3 aromatic rings. The molecule has 1 heterocycles. The number of pyridine rings is 1. The Morgan fingerprint density at radius 2 is 1.48 bits per heavy atom. The lowest BCUT2D eigenvalue weighted by Gasteiger charge is -2.30. The predicted octanol–water partition coefficient (Wildman–Crippen LogP) is 5.43. The molecule has 0 aliphatic heterocycles. The fraction of sp³-hybridized carbons (Fsp3) is 0.276. The highest BCUT2D eigenvalue weighted by molar-refractivity contribution is 6.30. The van der Waals surface area contributed by atoms with Gasteiger partial charge in [0, 0.05) is 29.4 Å². The molecule has 224 valence electrons. The summed E-state index contributed by atoms with van der Waals surface area (Å²) in [4.78, 5) is 49.0. The molecule has 9 nitrogen and oxygen atoms in total. The minimum atomic E-state index is -5.08. The number of aliphatic carboxylic acids is 3. The summed E-state index contributed by atoms with van der Waals surface area (Å²) in [7, 11) is 0. The number of aromatic nitrogens is 1. The number of alkyl halides is 3. The molecular weight excluding hydrogens is 581 g/mol. The third kappa shape index (κ3) is 9.58. The summed E-state index contributed by atoms with van der Waals surface area (Å²) in [5.74, 6) is -6.66. The molecule has 2 aromatic carbocycles. The molecule has 0 fully saturated rings. The molecule has 0 aliphatic rings. The van der Waals surface area contributed by atoms with E-state index in [1.807, 2.05) is 48.5 Å². The van der Waals surface area contributed by atoms with Crippen LogP contribution >= 0.6 is 11.6 Å². The van der Waals surface area contributed by atoms with Crippen LogP contribution in [0.15, 0.2) is 73.1 Å². The average Bonchev–Trinajstić information content (AvgIpc) is 2.92. The summed E-state index contributed by atoms with van der Waals surface area (Å²) < 4.78 is 31.7. The summed E-state index contributed by atoms with van der Waals surface area (Å²) in [6, 6.07) is 18.6. The van der Waals surface area contributed by atoms with Crippen LogP contribution in [0.25, 0.3) is 11.1 Å². The molecule has 3 rings (SSSR count). The van der Waals surface area contributed by atoms with Crippen LogP contribution in [0.5, 0.6) is 0 Å². The average molecular weight is 609 g/mol. The number of hydrogen-bond acceptors (Lipinski definition) is 5. The number of carboxylic acids is 3. The maximum atomic E-state index is 12.9. The Balaban J connectivity index is 0.000000782. The largest absolute Gasteiger partial charge is 0.490 e. The fourth-order valence-corrected chi connectivity index (χ4v) is 4.06. The zero-order chi connectivity index (χ0) is 31.7. The smallest absolute Gasteiger partial charge is 0.481 e. The Morgan fingerprint density at radius 3 is 1.93 bits per heavy atom. The zero-order valence-electron chi connectivity index (χ0n) is 22.4. The van der Waals surface area contributed by atoms with Crippen molar-refractivity contribution < 1.29 is 47.7 Å². The quantitative estimate of drug-likeness (QED) is 0.222. The molecule has 3 atom stereocenters. The Morgan fingerprint density at radius 1 is 0.905 bits per heavy atom. The maximum absolute atomic E-state index is 12.9. The predicted molar refractivity (Wildman–Crippen MR) is 147 cm³/mol. The number of nitrogens with zero attached hydrogens (tertiary/aromatic N) is 1. The van der Waals surface area contributed by atoms with E-state index in [0.717, 1.165) is 29.2 Å². The van der Waals surface area contributed by atoms with Crippen LogP contribution in [0.4, 0.5) is 13.2 Å². The molecule has 0 bridgehead atoms. The highest BCUT2D eigenvalue weighted by Crippen LogP contribution is 2.30. The molecule has 3 unspecified atom stereocenters. The van der Waals surface area contributed by atoms with Gasteiger partial charge in [-0.1, -0.05) is 54.1 Å². The van der Waals surface area contributed by atoms with Gasteiger partial charge in [0.2, 0.25) is 5.91 Å². The molecule has 0 saturated heterocycles. The Labute approximate surface area is 244 Å². The molecule has 0 spiro atoms. The monoisotopic (exact) mass is 608 g/mol. The van der Waals surface area contributed by atoms with E-state index in [2.05, 4.69) is 10.3 Å². The minimum absolute atomic E-state index is 0.217. The van der Waals surface area contributed by atoms with E-state index in [1.54, 1.807) is 31.5 Å². The number of nitrogens with one attached hydrogen (secondary N) is 1. The third-order valence-electron chi connectivity index (χ3n) is 6.39. The van der Waals surface area contributed by atoms with Crippen molar-refractivity contribution >= 4 is 35.4 Å². The van der Waals surface area contributed by atoms with E-state index >= 15 is 0 Å². The van der Waals surface area contributed by atoms with Crippen molar-refractivity contribution in [3.8, 4) is 11.1 Å². The Hall–Kier alpha value is -4.45. The number of carbonyl (C=O) groups is 4. The zero-order valence-corrected chi connectivity index (χ0v) is 23.2. The number of halogens is 4. The van der Waals surface area contributed by atoms with Crippen LogP contribution < -0.4 is 5.32 Å². The molecule has 1 amide bonds. The summed E-state index contributed by atoms with van der Waals surface area (Å²) in [5.41, 5.74) is 1.80. The number of carboxylic acid groups (broad SMARTS) is 3. The van der Waals surface area contributed by atoms with Crippen molar-refractivity contribution in [3.63, 3.8) is 0 Å². The molecule has 4 N–H and O–H groups in total. The van der Waals surface area contributed by atoms with Crippen molar-refractivity contribution in [2.24, 2.45) is 5.41 Å². The topological polar surface area (TPSA) is 154 Å². The van der Waals surface area contributed by atoms with Crippen molar-refractivity contribution in [1.82, 2.24) is 10.3 Å². The second-order valence-corrected chi connectivity index (χ2v) is 10.0.